The number of furan rings is 1. The van der Waals surface area contributed by atoms with Crippen LogP contribution in [0.15, 0.2) is 59.0 Å². The second-order valence-electron chi connectivity index (χ2n) is 5.37. The fourth-order valence-electron chi connectivity index (χ4n) is 2.45. The van der Waals surface area contributed by atoms with Crippen LogP contribution in [-0.4, -0.2) is 17.7 Å². The molecule has 0 N–H and O–H groups in total. The third-order valence-electron chi connectivity index (χ3n) is 3.72. The molecule has 2 aromatic carbocycles. The summed E-state index contributed by atoms with van der Waals surface area (Å²) in [6.07, 6.45) is 0. The van der Waals surface area contributed by atoms with Gasteiger partial charge >= 0.3 is 5.97 Å². The highest BCUT2D eigenvalue weighted by Gasteiger charge is 2.18. The topological polar surface area (TPSA) is 101 Å². The van der Waals surface area contributed by atoms with Gasteiger partial charge in [0.05, 0.1) is 4.92 Å². The summed E-state index contributed by atoms with van der Waals surface area (Å²) in [5.41, 5.74) is 0.584. The van der Waals surface area contributed by atoms with Crippen LogP contribution in [0.25, 0.3) is 11.3 Å². The molecular weight excluding hydrogens is 342 g/mol. The molecule has 0 atom stereocenters. The van der Waals surface area contributed by atoms with Gasteiger partial charge in [0, 0.05) is 23.8 Å². The van der Waals surface area contributed by atoms with Crippen molar-refractivity contribution in [3.8, 4) is 28.6 Å². The van der Waals surface area contributed by atoms with E-state index in [1.165, 1.54) is 18.2 Å². The zero-order valence-electron chi connectivity index (χ0n) is 13.2. The van der Waals surface area contributed by atoms with E-state index in [0.29, 0.717) is 28.6 Å². The number of nitro benzene ring substituents is 1. The molecule has 0 unspecified atom stereocenters. The zero-order valence-corrected chi connectivity index (χ0v) is 13.2. The summed E-state index contributed by atoms with van der Waals surface area (Å²) < 4.78 is 21.2. The first-order valence-corrected chi connectivity index (χ1v) is 7.57. The zero-order chi connectivity index (χ0) is 18.1. The third-order valence-corrected chi connectivity index (χ3v) is 3.72. The van der Waals surface area contributed by atoms with Crippen molar-refractivity contribution < 1.29 is 28.3 Å². The molecule has 130 valence electrons. The van der Waals surface area contributed by atoms with Crippen molar-refractivity contribution in [3.63, 3.8) is 0 Å². The SMILES string of the molecule is O=C(Oc1ccc2c(c1)OCO2)c1ccc(-c2ccc([N+](=O)[O-])cc2)o1. The lowest BCUT2D eigenvalue weighted by molar-refractivity contribution is -0.384. The van der Waals surface area contributed by atoms with Gasteiger partial charge in [0.15, 0.2) is 11.5 Å². The number of carbonyl (C=O) groups excluding carboxylic acids is 1. The van der Waals surface area contributed by atoms with Gasteiger partial charge in [-0.3, -0.25) is 10.1 Å². The molecule has 0 radical (unpaired) electrons. The Morgan fingerprint density at radius 3 is 2.54 bits per heavy atom. The lowest BCUT2D eigenvalue weighted by atomic mass is 10.1. The van der Waals surface area contributed by atoms with Gasteiger partial charge in [0.1, 0.15) is 11.5 Å². The molecule has 1 aliphatic rings. The normalized spacial score (nSPS) is 12.0. The minimum absolute atomic E-state index is 0.0102. The predicted molar refractivity (Wildman–Crippen MR) is 88.3 cm³/mol. The van der Waals surface area contributed by atoms with Crippen LogP contribution in [0.4, 0.5) is 5.69 Å². The van der Waals surface area contributed by atoms with E-state index in [2.05, 4.69) is 0 Å². The highest BCUT2D eigenvalue weighted by atomic mass is 16.7. The number of hydrogen-bond acceptors (Lipinski definition) is 7. The number of ether oxygens (including phenoxy) is 3. The lowest BCUT2D eigenvalue weighted by Gasteiger charge is -2.03. The van der Waals surface area contributed by atoms with Crippen molar-refractivity contribution in [2.75, 3.05) is 6.79 Å². The Labute approximate surface area is 146 Å². The lowest BCUT2D eigenvalue weighted by Crippen LogP contribution is -2.07. The van der Waals surface area contributed by atoms with Gasteiger partial charge in [-0.1, -0.05) is 0 Å². The van der Waals surface area contributed by atoms with E-state index in [4.69, 9.17) is 18.6 Å². The average molecular weight is 353 g/mol. The molecule has 26 heavy (non-hydrogen) atoms. The van der Waals surface area contributed by atoms with Crippen LogP contribution >= 0.6 is 0 Å². The molecule has 1 aromatic heterocycles. The van der Waals surface area contributed by atoms with Gasteiger partial charge in [0.2, 0.25) is 12.6 Å². The molecule has 0 amide bonds. The Bertz CT molecular complexity index is 991. The third kappa shape index (κ3) is 2.95. The number of fused-ring (bicyclic) bond motifs is 1. The minimum Gasteiger partial charge on any atom is -0.454 e. The summed E-state index contributed by atoms with van der Waals surface area (Å²) in [6.45, 7) is 0.128. The van der Waals surface area contributed by atoms with Gasteiger partial charge in [-0.2, -0.15) is 0 Å². The van der Waals surface area contributed by atoms with Crippen LogP contribution in [0.5, 0.6) is 17.2 Å². The maximum Gasteiger partial charge on any atom is 0.379 e. The van der Waals surface area contributed by atoms with Crippen molar-refractivity contribution in [3.05, 3.63) is 70.5 Å². The monoisotopic (exact) mass is 353 g/mol. The fourth-order valence-corrected chi connectivity index (χ4v) is 2.45. The summed E-state index contributed by atoms with van der Waals surface area (Å²) in [7, 11) is 0. The van der Waals surface area contributed by atoms with Crippen LogP contribution in [0, 0.1) is 10.1 Å². The molecule has 2 heterocycles. The average Bonchev–Trinajstić information content (AvgIpc) is 3.31. The summed E-state index contributed by atoms with van der Waals surface area (Å²) in [5.74, 6) is 1.13. The van der Waals surface area contributed by atoms with E-state index in [1.54, 1.807) is 36.4 Å². The molecular formula is C18H11NO7. The van der Waals surface area contributed by atoms with Crippen molar-refractivity contribution in [1.29, 1.82) is 0 Å². The minimum atomic E-state index is -0.669. The molecule has 3 aromatic rings. The van der Waals surface area contributed by atoms with Gasteiger partial charge < -0.3 is 18.6 Å². The predicted octanol–water partition coefficient (Wildman–Crippen LogP) is 3.80. The molecule has 8 nitrogen and oxygen atoms in total. The van der Waals surface area contributed by atoms with Crippen LogP contribution in [0.3, 0.4) is 0 Å². The van der Waals surface area contributed by atoms with Crippen LogP contribution in [0.1, 0.15) is 10.6 Å². The van der Waals surface area contributed by atoms with E-state index in [1.807, 2.05) is 0 Å². The number of carbonyl (C=O) groups is 1. The number of nitro groups is 1. The standard InChI is InChI=1S/C18H11NO7/c20-18(25-13-5-6-15-17(9-13)24-10-23-15)16-8-7-14(26-16)11-1-3-12(4-2-11)19(21)22/h1-9H,10H2. The Morgan fingerprint density at radius 1 is 1.00 bits per heavy atom. The highest BCUT2D eigenvalue weighted by molar-refractivity contribution is 5.89. The summed E-state index contributed by atoms with van der Waals surface area (Å²) >= 11 is 0. The Kier molecular flexibility index (Phi) is 3.77. The van der Waals surface area contributed by atoms with Crippen molar-refractivity contribution in [2.45, 2.75) is 0 Å². The number of non-ortho nitro benzene ring substituents is 1. The first-order valence-electron chi connectivity index (χ1n) is 7.57. The molecule has 0 bridgehead atoms. The molecule has 0 spiro atoms. The number of rotatable bonds is 4. The molecule has 4 rings (SSSR count). The second-order valence-corrected chi connectivity index (χ2v) is 5.37. The van der Waals surface area contributed by atoms with E-state index >= 15 is 0 Å². The maximum absolute atomic E-state index is 12.2. The van der Waals surface area contributed by atoms with E-state index in [-0.39, 0.29) is 18.2 Å². The van der Waals surface area contributed by atoms with Crippen molar-refractivity contribution in [2.24, 2.45) is 0 Å². The number of hydrogen-bond donors (Lipinski definition) is 0. The second kappa shape index (κ2) is 6.25. The van der Waals surface area contributed by atoms with Crippen LogP contribution < -0.4 is 14.2 Å². The molecule has 1 aliphatic heterocycles. The molecule has 0 fully saturated rings. The molecule has 0 aliphatic carbocycles. The molecule has 8 heteroatoms. The smallest absolute Gasteiger partial charge is 0.379 e. The van der Waals surface area contributed by atoms with Gasteiger partial charge in [-0.15, -0.1) is 0 Å². The maximum atomic E-state index is 12.2. The van der Waals surface area contributed by atoms with Crippen molar-refractivity contribution in [1.82, 2.24) is 0 Å². The first kappa shape index (κ1) is 15.7. The molecule has 0 saturated carbocycles. The Hall–Kier alpha value is -3.81. The summed E-state index contributed by atoms with van der Waals surface area (Å²) in [6, 6.07) is 13.7. The fraction of sp³-hybridized carbons (Fsp3) is 0.0556. The highest BCUT2D eigenvalue weighted by Crippen LogP contribution is 2.35. The van der Waals surface area contributed by atoms with Gasteiger partial charge in [0.25, 0.3) is 5.69 Å². The Morgan fingerprint density at radius 2 is 1.77 bits per heavy atom. The Balaban J connectivity index is 1.50. The van der Waals surface area contributed by atoms with E-state index in [9.17, 15) is 14.9 Å². The van der Waals surface area contributed by atoms with Crippen LogP contribution in [-0.2, 0) is 0 Å². The van der Waals surface area contributed by atoms with Crippen LogP contribution in [0.2, 0.25) is 0 Å². The first-order chi connectivity index (χ1) is 12.6. The molecule has 0 saturated heterocycles. The van der Waals surface area contributed by atoms with E-state index in [0.717, 1.165) is 0 Å². The number of nitrogens with zero attached hydrogens (tertiary/aromatic N) is 1. The van der Waals surface area contributed by atoms with E-state index < -0.39 is 10.9 Å². The van der Waals surface area contributed by atoms with Gasteiger partial charge in [-0.05, 0) is 36.4 Å². The number of esters is 1. The summed E-state index contributed by atoms with van der Waals surface area (Å²) in [5, 5.41) is 10.7. The quantitative estimate of drug-likeness (QED) is 0.304. The number of benzene rings is 2. The van der Waals surface area contributed by atoms with Crippen molar-refractivity contribution >= 4 is 11.7 Å². The largest absolute Gasteiger partial charge is 0.454 e. The summed E-state index contributed by atoms with van der Waals surface area (Å²) in [4.78, 5) is 22.4. The van der Waals surface area contributed by atoms with Gasteiger partial charge in [-0.25, -0.2) is 4.79 Å².